The highest BCUT2D eigenvalue weighted by Gasteiger charge is 2.29. The minimum atomic E-state index is -3.51. The summed E-state index contributed by atoms with van der Waals surface area (Å²) in [7, 11) is -2.11. The Labute approximate surface area is 195 Å². The maximum atomic E-state index is 12.4. The molecule has 0 bridgehead atoms. The second-order valence-corrected chi connectivity index (χ2v) is 10.3. The van der Waals surface area contributed by atoms with Crippen molar-refractivity contribution in [3.05, 3.63) is 52.7 Å². The van der Waals surface area contributed by atoms with E-state index in [0.717, 1.165) is 63.9 Å². The van der Waals surface area contributed by atoms with Crippen molar-refractivity contribution in [2.75, 3.05) is 38.0 Å². The highest BCUT2D eigenvalue weighted by molar-refractivity contribution is 7.85. The molecule has 33 heavy (non-hydrogen) atoms. The first-order valence-corrected chi connectivity index (χ1v) is 12.8. The van der Waals surface area contributed by atoms with E-state index in [-0.39, 0.29) is 19.0 Å². The number of methoxy groups -OCH3 is 1. The Kier molecular flexibility index (Phi) is 6.24. The summed E-state index contributed by atoms with van der Waals surface area (Å²) < 4.78 is 35.3. The Hall–Kier alpha value is -2.84. The zero-order chi connectivity index (χ0) is 23.9. The molecule has 1 aliphatic rings. The molecule has 0 radical (unpaired) electrons. The van der Waals surface area contributed by atoms with Crippen LogP contribution in [0.15, 0.2) is 30.3 Å². The third-order valence-corrected chi connectivity index (χ3v) is 6.96. The van der Waals surface area contributed by atoms with Crippen LogP contribution in [-0.2, 0) is 36.8 Å². The highest BCUT2D eigenvalue weighted by atomic mass is 32.2. The molecule has 0 atom stereocenters. The molecule has 0 fully saturated rings. The molecule has 0 aliphatic carbocycles. The Balaban J connectivity index is 1.95. The topological polar surface area (TPSA) is 77.8 Å². The van der Waals surface area contributed by atoms with Gasteiger partial charge in [0, 0.05) is 30.7 Å². The Morgan fingerprint density at radius 3 is 2.42 bits per heavy atom. The van der Waals surface area contributed by atoms with Crippen molar-refractivity contribution < 1.29 is 22.1 Å². The first kappa shape index (κ1) is 23.3. The summed E-state index contributed by atoms with van der Waals surface area (Å²) in [5.41, 5.74) is 8.50. The zero-order valence-corrected chi connectivity index (χ0v) is 20.6. The number of ether oxygens (including phenoxy) is 1. The fourth-order valence-electron chi connectivity index (χ4n) is 4.81. The number of carbonyl (C=O) groups is 1. The van der Waals surface area contributed by atoms with E-state index in [1.807, 2.05) is 6.92 Å². The van der Waals surface area contributed by atoms with Gasteiger partial charge in [-0.1, -0.05) is 29.8 Å². The fourth-order valence-corrected chi connectivity index (χ4v) is 5.19. The van der Waals surface area contributed by atoms with Gasteiger partial charge < -0.3 is 14.2 Å². The maximum Gasteiger partial charge on any atom is 0.310 e. The standard InChI is InChI=1S/C25H30N2O5S/c1-16-6-8-19(9-7-16)23-20(15-22(28)31-4)18(3)24-25-21(23)14-17(2)27(25)11-10-26(24)12-13-32-33(5,29)30/h6-9,14H,10-13,15H2,1-5H3. The molecule has 3 aromatic rings. The van der Waals surface area contributed by atoms with Gasteiger partial charge in [0.1, 0.15) is 0 Å². The van der Waals surface area contributed by atoms with Crippen molar-refractivity contribution in [2.24, 2.45) is 0 Å². The number of rotatable bonds is 7. The van der Waals surface area contributed by atoms with Gasteiger partial charge in [-0.3, -0.25) is 8.98 Å². The summed E-state index contributed by atoms with van der Waals surface area (Å²) in [4.78, 5) is 14.6. The van der Waals surface area contributed by atoms with E-state index in [2.05, 4.69) is 53.6 Å². The Morgan fingerprint density at radius 1 is 1.09 bits per heavy atom. The highest BCUT2D eigenvalue weighted by Crippen LogP contribution is 2.44. The van der Waals surface area contributed by atoms with E-state index in [1.165, 1.54) is 12.7 Å². The molecule has 0 saturated carbocycles. The van der Waals surface area contributed by atoms with Crippen LogP contribution in [0.5, 0.6) is 0 Å². The molecule has 0 amide bonds. The molecule has 8 heteroatoms. The second kappa shape index (κ2) is 8.83. The Morgan fingerprint density at radius 2 is 1.79 bits per heavy atom. The van der Waals surface area contributed by atoms with Gasteiger partial charge in [0.25, 0.3) is 10.1 Å². The first-order chi connectivity index (χ1) is 15.6. The van der Waals surface area contributed by atoms with Crippen molar-refractivity contribution in [3.63, 3.8) is 0 Å². The van der Waals surface area contributed by atoms with E-state index >= 15 is 0 Å². The van der Waals surface area contributed by atoms with Crippen LogP contribution in [0.4, 0.5) is 5.69 Å². The number of anilines is 1. The summed E-state index contributed by atoms with van der Waals surface area (Å²) in [6, 6.07) is 10.5. The molecule has 176 valence electrons. The number of nitrogens with zero attached hydrogens (tertiary/aromatic N) is 2. The lowest BCUT2D eigenvalue weighted by Crippen LogP contribution is -2.35. The lowest BCUT2D eigenvalue weighted by Gasteiger charge is -2.34. The van der Waals surface area contributed by atoms with Crippen LogP contribution < -0.4 is 4.90 Å². The van der Waals surface area contributed by atoms with Crippen LogP contribution in [-0.4, -0.2) is 52.0 Å². The lowest BCUT2D eigenvalue weighted by atomic mass is 9.88. The summed E-state index contributed by atoms with van der Waals surface area (Å²) in [5.74, 6) is -0.295. The van der Waals surface area contributed by atoms with E-state index in [4.69, 9.17) is 8.92 Å². The number of hydrogen-bond donors (Lipinski definition) is 0. The summed E-state index contributed by atoms with van der Waals surface area (Å²) in [5, 5.41) is 1.09. The smallest absolute Gasteiger partial charge is 0.310 e. The molecule has 1 aliphatic heterocycles. The average Bonchev–Trinajstić information content (AvgIpc) is 3.08. The summed E-state index contributed by atoms with van der Waals surface area (Å²) in [6.45, 7) is 8.23. The van der Waals surface area contributed by atoms with Crippen LogP contribution in [0, 0.1) is 20.8 Å². The maximum absolute atomic E-state index is 12.4. The number of carbonyl (C=O) groups excluding carboxylic acids is 1. The summed E-state index contributed by atoms with van der Waals surface area (Å²) in [6.07, 6.45) is 1.22. The molecule has 2 heterocycles. The van der Waals surface area contributed by atoms with E-state index in [1.54, 1.807) is 0 Å². The molecule has 1 aromatic heterocycles. The molecule has 7 nitrogen and oxygen atoms in total. The van der Waals surface area contributed by atoms with E-state index in [9.17, 15) is 13.2 Å². The monoisotopic (exact) mass is 470 g/mol. The quantitative estimate of drug-likeness (QED) is 0.387. The predicted molar refractivity (Wildman–Crippen MR) is 130 cm³/mol. The third kappa shape index (κ3) is 4.50. The van der Waals surface area contributed by atoms with Crippen molar-refractivity contribution in [1.29, 1.82) is 0 Å². The molecular weight excluding hydrogens is 440 g/mol. The lowest BCUT2D eigenvalue weighted by molar-refractivity contribution is -0.139. The molecular formula is C25H30N2O5S. The van der Waals surface area contributed by atoms with Crippen LogP contribution in [0.25, 0.3) is 22.0 Å². The van der Waals surface area contributed by atoms with Crippen LogP contribution in [0.1, 0.15) is 22.4 Å². The van der Waals surface area contributed by atoms with Crippen molar-refractivity contribution in [1.82, 2.24) is 4.57 Å². The van der Waals surface area contributed by atoms with Crippen LogP contribution in [0.3, 0.4) is 0 Å². The van der Waals surface area contributed by atoms with E-state index in [0.29, 0.717) is 6.54 Å². The fraction of sp³-hybridized carbons (Fsp3) is 0.400. The van der Waals surface area contributed by atoms with E-state index < -0.39 is 10.1 Å². The molecule has 0 spiro atoms. The number of esters is 1. The average molecular weight is 471 g/mol. The molecule has 0 unspecified atom stereocenters. The van der Waals surface area contributed by atoms with Crippen molar-refractivity contribution in [2.45, 2.75) is 33.7 Å². The van der Waals surface area contributed by atoms with Crippen LogP contribution >= 0.6 is 0 Å². The predicted octanol–water partition coefficient (Wildman–Crippen LogP) is 3.75. The SMILES string of the molecule is COC(=O)Cc1c(C)c2c3c(cc(C)n3CCN2CCOS(C)(=O)=O)c1-c1ccc(C)cc1. The normalized spacial score (nSPS) is 13.5. The van der Waals surface area contributed by atoms with Gasteiger partial charge in [0.2, 0.25) is 0 Å². The minimum absolute atomic E-state index is 0.0749. The van der Waals surface area contributed by atoms with Gasteiger partial charge >= 0.3 is 5.97 Å². The van der Waals surface area contributed by atoms with Gasteiger partial charge in [0.15, 0.2) is 0 Å². The zero-order valence-electron chi connectivity index (χ0n) is 19.8. The van der Waals surface area contributed by atoms with Crippen LogP contribution in [0.2, 0.25) is 0 Å². The molecule has 4 rings (SSSR count). The number of aryl methyl sites for hydroxylation is 2. The van der Waals surface area contributed by atoms with Crippen molar-refractivity contribution >= 4 is 32.7 Å². The first-order valence-electron chi connectivity index (χ1n) is 11.0. The molecule has 0 saturated heterocycles. The number of benzene rings is 2. The van der Waals surface area contributed by atoms with Gasteiger partial charge in [-0.2, -0.15) is 8.42 Å². The third-order valence-electron chi connectivity index (χ3n) is 6.36. The summed E-state index contributed by atoms with van der Waals surface area (Å²) >= 11 is 0. The molecule has 2 aromatic carbocycles. The van der Waals surface area contributed by atoms with Gasteiger partial charge in [-0.05, 0) is 49.1 Å². The second-order valence-electron chi connectivity index (χ2n) is 8.66. The van der Waals surface area contributed by atoms with Crippen molar-refractivity contribution in [3.8, 4) is 11.1 Å². The van der Waals surface area contributed by atoms with Gasteiger partial charge in [-0.15, -0.1) is 0 Å². The molecule has 0 N–H and O–H groups in total. The number of hydrogen-bond acceptors (Lipinski definition) is 6. The minimum Gasteiger partial charge on any atom is -0.469 e. The largest absolute Gasteiger partial charge is 0.469 e. The van der Waals surface area contributed by atoms with Gasteiger partial charge in [-0.25, -0.2) is 0 Å². The Bertz CT molecular complexity index is 1320. The number of aromatic nitrogens is 1. The van der Waals surface area contributed by atoms with Gasteiger partial charge in [0.05, 0.1) is 37.6 Å².